The first-order chi connectivity index (χ1) is 16.2. The van der Waals surface area contributed by atoms with Crippen molar-refractivity contribution in [3.8, 4) is 23.0 Å². The van der Waals surface area contributed by atoms with E-state index in [1.165, 1.54) is 0 Å². The van der Waals surface area contributed by atoms with Crippen molar-refractivity contribution < 1.29 is 37.1 Å². The standard InChI is InChI=1S/C23H19F3N2O6/c24-23(25,26)16-9-10-21(20(13-16)28(30)31)33-15-22(29)27-11-12-32-18-7-4-8-19(14-18)34-17-5-2-1-3-6-17/h1-10,13-14H,11-12,15H2,(H,27,29). The van der Waals surface area contributed by atoms with Crippen LogP contribution in [0.4, 0.5) is 18.9 Å². The Morgan fingerprint density at radius 2 is 1.62 bits per heavy atom. The second-order valence-corrected chi connectivity index (χ2v) is 6.81. The van der Waals surface area contributed by atoms with Crippen molar-refractivity contribution in [2.24, 2.45) is 0 Å². The molecule has 0 aliphatic carbocycles. The molecule has 0 fully saturated rings. The van der Waals surface area contributed by atoms with Gasteiger partial charge in [-0.2, -0.15) is 13.2 Å². The maximum absolute atomic E-state index is 12.7. The van der Waals surface area contributed by atoms with Crippen molar-refractivity contribution in [1.82, 2.24) is 5.32 Å². The molecule has 0 spiro atoms. The van der Waals surface area contributed by atoms with Crippen LogP contribution in [0.3, 0.4) is 0 Å². The topological polar surface area (TPSA) is 99.9 Å². The highest BCUT2D eigenvalue weighted by atomic mass is 19.4. The highest BCUT2D eigenvalue weighted by Gasteiger charge is 2.33. The Kier molecular flexibility index (Phi) is 7.91. The molecule has 0 saturated carbocycles. The van der Waals surface area contributed by atoms with Gasteiger partial charge in [-0.05, 0) is 36.4 Å². The van der Waals surface area contributed by atoms with Crippen LogP contribution >= 0.6 is 0 Å². The first kappa shape index (κ1) is 24.4. The maximum Gasteiger partial charge on any atom is 0.416 e. The van der Waals surface area contributed by atoms with E-state index in [1.54, 1.807) is 24.3 Å². The summed E-state index contributed by atoms with van der Waals surface area (Å²) in [6.07, 6.45) is -4.74. The van der Waals surface area contributed by atoms with E-state index in [0.717, 1.165) is 6.07 Å². The van der Waals surface area contributed by atoms with E-state index in [9.17, 15) is 28.1 Å². The van der Waals surface area contributed by atoms with Gasteiger partial charge in [0, 0.05) is 12.1 Å². The lowest BCUT2D eigenvalue weighted by Crippen LogP contribution is -2.32. The third-order valence-electron chi connectivity index (χ3n) is 4.32. The second kappa shape index (κ2) is 11.0. The van der Waals surface area contributed by atoms with Gasteiger partial charge in [0.1, 0.15) is 23.9 Å². The highest BCUT2D eigenvalue weighted by molar-refractivity contribution is 5.77. The van der Waals surface area contributed by atoms with Crippen molar-refractivity contribution in [1.29, 1.82) is 0 Å². The van der Waals surface area contributed by atoms with Crippen LogP contribution in [0.2, 0.25) is 0 Å². The van der Waals surface area contributed by atoms with Gasteiger partial charge in [-0.3, -0.25) is 14.9 Å². The minimum atomic E-state index is -4.74. The van der Waals surface area contributed by atoms with Crippen LogP contribution in [0.15, 0.2) is 72.8 Å². The molecule has 1 amide bonds. The number of benzene rings is 3. The lowest BCUT2D eigenvalue weighted by atomic mass is 10.2. The van der Waals surface area contributed by atoms with Gasteiger partial charge in [-0.1, -0.05) is 24.3 Å². The number of alkyl halides is 3. The van der Waals surface area contributed by atoms with Crippen molar-refractivity contribution in [2.45, 2.75) is 6.18 Å². The number of nitrogens with one attached hydrogen (secondary N) is 1. The summed E-state index contributed by atoms with van der Waals surface area (Å²) in [5.41, 5.74) is -2.07. The molecule has 178 valence electrons. The zero-order chi connectivity index (χ0) is 24.6. The minimum Gasteiger partial charge on any atom is -0.492 e. The Labute approximate surface area is 192 Å². The van der Waals surface area contributed by atoms with E-state index in [0.29, 0.717) is 29.4 Å². The molecule has 0 aliphatic heterocycles. The largest absolute Gasteiger partial charge is 0.492 e. The van der Waals surface area contributed by atoms with Crippen molar-refractivity contribution in [3.05, 3.63) is 88.5 Å². The summed E-state index contributed by atoms with van der Waals surface area (Å²) in [5.74, 6) is 0.678. The molecule has 0 aromatic heterocycles. The SMILES string of the molecule is O=C(COc1ccc(C(F)(F)F)cc1[N+](=O)[O-])NCCOc1cccc(Oc2ccccc2)c1. The summed E-state index contributed by atoms with van der Waals surface area (Å²) < 4.78 is 54.6. The molecule has 0 unspecified atom stereocenters. The molecular weight excluding hydrogens is 457 g/mol. The third-order valence-corrected chi connectivity index (χ3v) is 4.32. The lowest BCUT2D eigenvalue weighted by Gasteiger charge is -2.11. The van der Waals surface area contributed by atoms with Crippen LogP contribution < -0.4 is 19.5 Å². The Morgan fingerprint density at radius 3 is 2.32 bits per heavy atom. The quantitative estimate of drug-likeness (QED) is 0.252. The van der Waals surface area contributed by atoms with Crippen molar-refractivity contribution in [3.63, 3.8) is 0 Å². The molecule has 3 aromatic rings. The molecule has 1 N–H and O–H groups in total. The molecule has 0 bridgehead atoms. The Morgan fingerprint density at radius 1 is 0.912 bits per heavy atom. The summed E-state index contributed by atoms with van der Waals surface area (Å²) in [5, 5.41) is 13.5. The van der Waals surface area contributed by atoms with Gasteiger partial charge in [-0.15, -0.1) is 0 Å². The van der Waals surface area contributed by atoms with Gasteiger partial charge in [0.15, 0.2) is 12.4 Å². The van der Waals surface area contributed by atoms with Gasteiger partial charge in [0.25, 0.3) is 5.91 Å². The molecule has 3 rings (SSSR count). The van der Waals surface area contributed by atoms with E-state index in [2.05, 4.69) is 5.32 Å². The predicted molar refractivity (Wildman–Crippen MR) is 115 cm³/mol. The number of nitro groups is 1. The van der Waals surface area contributed by atoms with Gasteiger partial charge in [0.2, 0.25) is 0 Å². The number of rotatable bonds is 10. The van der Waals surface area contributed by atoms with E-state index in [1.807, 2.05) is 30.3 Å². The van der Waals surface area contributed by atoms with Crippen LogP contribution in [0, 0.1) is 10.1 Å². The summed E-state index contributed by atoms with van der Waals surface area (Å²) in [6, 6.07) is 17.9. The summed E-state index contributed by atoms with van der Waals surface area (Å²) in [6.45, 7) is -0.408. The zero-order valence-electron chi connectivity index (χ0n) is 17.6. The number of para-hydroxylation sites is 1. The van der Waals surface area contributed by atoms with E-state index in [4.69, 9.17) is 14.2 Å². The molecule has 0 heterocycles. The molecular formula is C23H19F3N2O6. The van der Waals surface area contributed by atoms with Gasteiger partial charge < -0.3 is 19.5 Å². The van der Waals surface area contributed by atoms with Gasteiger partial charge in [0.05, 0.1) is 17.0 Å². The van der Waals surface area contributed by atoms with Gasteiger partial charge in [-0.25, -0.2) is 0 Å². The lowest BCUT2D eigenvalue weighted by molar-refractivity contribution is -0.386. The zero-order valence-corrected chi connectivity index (χ0v) is 17.6. The number of nitrogens with zero attached hydrogens (tertiary/aromatic N) is 1. The fourth-order valence-corrected chi connectivity index (χ4v) is 2.76. The number of hydrogen-bond donors (Lipinski definition) is 1. The minimum absolute atomic E-state index is 0.0983. The molecule has 8 nitrogen and oxygen atoms in total. The van der Waals surface area contributed by atoms with E-state index < -0.39 is 40.6 Å². The first-order valence-corrected chi connectivity index (χ1v) is 9.93. The molecule has 3 aromatic carbocycles. The number of amides is 1. The second-order valence-electron chi connectivity index (χ2n) is 6.81. The summed E-state index contributed by atoms with van der Waals surface area (Å²) in [7, 11) is 0. The molecule has 0 saturated heterocycles. The predicted octanol–water partition coefficient (Wildman–Crippen LogP) is 4.98. The van der Waals surface area contributed by atoms with Crippen molar-refractivity contribution in [2.75, 3.05) is 19.8 Å². The van der Waals surface area contributed by atoms with E-state index >= 15 is 0 Å². The highest BCUT2D eigenvalue weighted by Crippen LogP contribution is 2.36. The fourth-order valence-electron chi connectivity index (χ4n) is 2.76. The normalized spacial score (nSPS) is 10.9. The number of nitro benzene ring substituents is 1. The maximum atomic E-state index is 12.7. The molecule has 34 heavy (non-hydrogen) atoms. The number of ether oxygens (including phenoxy) is 3. The Hall–Kier alpha value is -4.28. The van der Waals surface area contributed by atoms with Crippen molar-refractivity contribution >= 4 is 11.6 Å². The average Bonchev–Trinajstić information content (AvgIpc) is 2.80. The Bertz CT molecular complexity index is 1140. The first-order valence-electron chi connectivity index (χ1n) is 9.93. The third kappa shape index (κ3) is 7.12. The molecule has 11 heteroatoms. The molecule has 0 aliphatic rings. The number of halogens is 3. The van der Waals surface area contributed by atoms with Crippen LogP contribution in [0.5, 0.6) is 23.0 Å². The molecule has 0 radical (unpaired) electrons. The van der Waals surface area contributed by atoms with Gasteiger partial charge >= 0.3 is 11.9 Å². The van der Waals surface area contributed by atoms with Crippen LogP contribution in [0.25, 0.3) is 0 Å². The van der Waals surface area contributed by atoms with Crippen LogP contribution in [-0.2, 0) is 11.0 Å². The summed E-state index contributed by atoms with van der Waals surface area (Å²) >= 11 is 0. The van der Waals surface area contributed by atoms with Crippen LogP contribution in [-0.4, -0.2) is 30.6 Å². The summed E-state index contributed by atoms with van der Waals surface area (Å²) in [4.78, 5) is 22.0. The monoisotopic (exact) mass is 476 g/mol. The smallest absolute Gasteiger partial charge is 0.416 e. The number of carbonyl (C=O) groups excluding carboxylic acids is 1. The fraction of sp³-hybridized carbons (Fsp3) is 0.174. The number of hydrogen-bond acceptors (Lipinski definition) is 6. The van der Waals surface area contributed by atoms with Crippen LogP contribution in [0.1, 0.15) is 5.56 Å². The average molecular weight is 476 g/mol. The number of carbonyl (C=O) groups is 1. The molecule has 0 atom stereocenters. The Balaban J connectivity index is 1.45. The van der Waals surface area contributed by atoms with E-state index in [-0.39, 0.29) is 13.2 Å².